The minimum absolute atomic E-state index is 0.0367. The third-order valence-electron chi connectivity index (χ3n) is 4.87. The van der Waals surface area contributed by atoms with Crippen LogP contribution in [0.15, 0.2) is 48.0 Å². The van der Waals surface area contributed by atoms with Crippen molar-refractivity contribution < 1.29 is 19.4 Å². The van der Waals surface area contributed by atoms with E-state index in [4.69, 9.17) is 27.9 Å². The van der Waals surface area contributed by atoms with Crippen LogP contribution in [0.2, 0.25) is 10.0 Å². The molecule has 152 valence electrons. The van der Waals surface area contributed by atoms with E-state index in [1.807, 2.05) is 19.1 Å². The second kappa shape index (κ2) is 8.99. The second-order valence-corrected chi connectivity index (χ2v) is 7.69. The number of likely N-dealkylation sites (tertiary alicyclic amines) is 1. The molecule has 1 saturated heterocycles. The van der Waals surface area contributed by atoms with Crippen LogP contribution in [-0.2, 0) is 14.3 Å². The molecular formula is C22H21Cl2NO4. The van der Waals surface area contributed by atoms with E-state index in [1.165, 1.54) is 4.90 Å². The number of carbonyl (C=O) groups excluding carboxylic acids is 2. The van der Waals surface area contributed by atoms with Gasteiger partial charge in [-0.3, -0.25) is 9.59 Å². The number of aryl methyl sites for hydroxylation is 1. The lowest BCUT2D eigenvalue weighted by molar-refractivity contribution is -0.140. The third kappa shape index (κ3) is 4.32. The Morgan fingerprint density at radius 1 is 1.10 bits per heavy atom. The average Bonchev–Trinajstić information content (AvgIpc) is 2.95. The Morgan fingerprint density at radius 3 is 2.41 bits per heavy atom. The molecule has 0 bridgehead atoms. The molecule has 2 aromatic carbocycles. The number of hydrogen-bond acceptors (Lipinski definition) is 4. The molecule has 0 unspecified atom stereocenters. The van der Waals surface area contributed by atoms with Crippen LogP contribution in [-0.4, -0.2) is 42.0 Å². The number of aliphatic hydroxyl groups is 1. The van der Waals surface area contributed by atoms with Gasteiger partial charge in [0.05, 0.1) is 21.7 Å². The lowest BCUT2D eigenvalue weighted by Crippen LogP contribution is -2.31. The van der Waals surface area contributed by atoms with Crippen LogP contribution in [0, 0.1) is 6.92 Å². The number of methoxy groups -OCH3 is 1. The molecule has 0 saturated carbocycles. The minimum atomic E-state index is -0.761. The van der Waals surface area contributed by atoms with Crippen LogP contribution in [0.3, 0.4) is 0 Å². The summed E-state index contributed by atoms with van der Waals surface area (Å²) in [6.45, 7) is 2.66. The van der Waals surface area contributed by atoms with E-state index in [1.54, 1.807) is 37.4 Å². The average molecular weight is 434 g/mol. The molecule has 1 atom stereocenters. The number of rotatable bonds is 6. The second-order valence-electron chi connectivity index (χ2n) is 6.88. The van der Waals surface area contributed by atoms with Crippen molar-refractivity contribution in [1.29, 1.82) is 0 Å². The van der Waals surface area contributed by atoms with E-state index in [0.29, 0.717) is 40.7 Å². The summed E-state index contributed by atoms with van der Waals surface area (Å²) in [6.07, 6.45) is 0.548. The first kappa shape index (κ1) is 21.4. The number of ketones is 1. The number of aliphatic hydroxyl groups excluding tert-OH is 1. The van der Waals surface area contributed by atoms with Gasteiger partial charge in [0.1, 0.15) is 5.76 Å². The number of halogens is 2. The Bertz CT molecular complexity index is 969. The van der Waals surface area contributed by atoms with Crippen LogP contribution < -0.4 is 0 Å². The van der Waals surface area contributed by atoms with Crippen molar-refractivity contribution >= 4 is 40.7 Å². The molecule has 7 heteroatoms. The molecule has 1 heterocycles. The molecule has 2 aromatic rings. The SMILES string of the molecule is COCCCN1C(=O)C(=O)/C(=C(/O)c2ccc(C)cc2)[C@@H]1c1ccc(Cl)c(Cl)c1. The van der Waals surface area contributed by atoms with Gasteiger partial charge in [-0.1, -0.05) is 59.1 Å². The molecule has 1 fully saturated rings. The van der Waals surface area contributed by atoms with E-state index in [-0.39, 0.29) is 11.3 Å². The van der Waals surface area contributed by atoms with Crippen LogP contribution in [0.25, 0.3) is 5.76 Å². The van der Waals surface area contributed by atoms with Gasteiger partial charge in [0.15, 0.2) is 0 Å². The van der Waals surface area contributed by atoms with Gasteiger partial charge in [-0.2, -0.15) is 0 Å². The van der Waals surface area contributed by atoms with E-state index in [9.17, 15) is 14.7 Å². The first-order valence-electron chi connectivity index (χ1n) is 9.14. The predicted octanol–water partition coefficient (Wildman–Crippen LogP) is 4.76. The molecule has 3 rings (SSSR count). The molecule has 0 aliphatic carbocycles. The summed E-state index contributed by atoms with van der Waals surface area (Å²) >= 11 is 12.2. The van der Waals surface area contributed by atoms with Crippen LogP contribution in [0.1, 0.15) is 29.2 Å². The Balaban J connectivity index is 2.14. The minimum Gasteiger partial charge on any atom is -0.507 e. The van der Waals surface area contributed by atoms with Gasteiger partial charge >= 0.3 is 0 Å². The molecule has 5 nitrogen and oxygen atoms in total. The van der Waals surface area contributed by atoms with Crippen LogP contribution in [0.4, 0.5) is 0 Å². The highest BCUT2D eigenvalue weighted by molar-refractivity contribution is 6.46. The maximum Gasteiger partial charge on any atom is 0.295 e. The van der Waals surface area contributed by atoms with Gasteiger partial charge in [0, 0.05) is 25.8 Å². The van der Waals surface area contributed by atoms with Gasteiger partial charge in [-0.15, -0.1) is 0 Å². The summed E-state index contributed by atoms with van der Waals surface area (Å²) in [7, 11) is 1.57. The van der Waals surface area contributed by atoms with Crippen molar-refractivity contribution in [1.82, 2.24) is 4.90 Å². The summed E-state index contributed by atoms with van der Waals surface area (Å²) < 4.78 is 5.07. The van der Waals surface area contributed by atoms with Gasteiger partial charge in [-0.25, -0.2) is 0 Å². The third-order valence-corrected chi connectivity index (χ3v) is 5.61. The maximum absolute atomic E-state index is 12.9. The van der Waals surface area contributed by atoms with Crippen molar-refractivity contribution in [3.05, 3.63) is 74.8 Å². The largest absolute Gasteiger partial charge is 0.507 e. The zero-order valence-electron chi connectivity index (χ0n) is 16.1. The Morgan fingerprint density at radius 2 is 1.79 bits per heavy atom. The summed E-state index contributed by atoms with van der Waals surface area (Å²) in [5.41, 5.74) is 2.12. The van der Waals surface area contributed by atoms with Crippen molar-refractivity contribution in [2.75, 3.05) is 20.3 Å². The van der Waals surface area contributed by atoms with E-state index in [2.05, 4.69) is 0 Å². The van der Waals surface area contributed by atoms with E-state index in [0.717, 1.165) is 5.56 Å². The smallest absolute Gasteiger partial charge is 0.295 e. The van der Waals surface area contributed by atoms with Crippen molar-refractivity contribution in [3.63, 3.8) is 0 Å². The van der Waals surface area contributed by atoms with E-state index >= 15 is 0 Å². The van der Waals surface area contributed by atoms with Gasteiger partial charge in [-0.05, 0) is 31.0 Å². The highest BCUT2D eigenvalue weighted by Crippen LogP contribution is 2.41. The Kier molecular flexibility index (Phi) is 6.63. The maximum atomic E-state index is 12.9. The first-order valence-corrected chi connectivity index (χ1v) is 9.90. The van der Waals surface area contributed by atoms with Gasteiger partial charge in [0.25, 0.3) is 11.7 Å². The van der Waals surface area contributed by atoms with Gasteiger partial charge < -0.3 is 14.7 Å². The van der Waals surface area contributed by atoms with Crippen molar-refractivity contribution in [2.45, 2.75) is 19.4 Å². The summed E-state index contributed by atoms with van der Waals surface area (Å²) in [5, 5.41) is 11.6. The molecule has 0 aromatic heterocycles. The van der Waals surface area contributed by atoms with Crippen molar-refractivity contribution in [2.24, 2.45) is 0 Å². The number of Topliss-reactive ketones (excluding diaryl/α,β-unsaturated/α-hetero) is 1. The summed E-state index contributed by atoms with van der Waals surface area (Å²) in [5.74, 6) is -1.60. The fourth-order valence-corrected chi connectivity index (χ4v) is 3.69. The molecular weight excluding hydrogens is 413 g/mol. The molecule has 1 aliphatic rings. The zero-order chi connectivity index (χ0) is 21.1. The predicted molar refractivity (Wildman–Crippen MR) is 113 cm³/mol. The number of carbonyl (C=O) groups is 2. The summed E-state index contributed by atoms with van der Waals surface area (Å²) in [4.78, 5) is 27.1. The zero-order valence-corrected chi connectivity index (χ0v) is 17.6. The van der Waals surface area contributed by atoms with Crippen LogP contribution in [0.5, 0.6) is 0 Å². The lowest BCUT2D eigenvalue weighted by atomic mass is 9.95. The number of ether oxygens (including phenoxy) is 1. The number of amides is 1. The fraction of sp³-hybridized carbons (Fsp3) is 0.273. The molecule has 1 amide bonds. The highest BCUT2D eigenvalue weighted by Gasteiger charge is 2.45. The quantitative estimate of drug-likeness (QED) is 0.308. The Hall–Kier alpha value is -2.34. The van der Waals surface area contributed by atoms with Crippen molar-refractivity contribution in [3.8, 4) is 0 Å². The topological polar surface area (TPSA) is 66.8 Å². The molecule has 1 N–H and O–H groups in total. The molecule has 0 spiro atoms. The number of nitrogens with zero attached hydrogens (tertiary/aromatic N) is 1. The van der Waals surface area contributed by atoms with E-state index < -0.39 is 17.7 Å². The first-order chi connectivity index (χ1) is 13.8. The normalized spacial score (nSPS) is 18.5. The monoisotopic (exact) mass is 433 g/mol. The molecule has 29 heavy (non-hydrogen) atoms. The van der Waals surface area contributed by atoms with Crippen LogP contribution >= 0.6 is 23.2 Å². The summed E-state index contributed by atoms with van der Waals surface area (Å²) in [6, 6.07) is 11.3. The number of benzene rings is 2. The Labute approximate surface area is 179 Å². The molecule has 1 aliphatic heterocycles. The number of hydrogen-bond donors (Lipinski definition) is 1. The fourth-order valence-electron chi connectivity index (χ4n) is 3.39. The lowest BCUT2D eigenvalue weighted by Gasteiger charge is -2.25. The highest BCUT2D eigenvalue weighted by atomic mass is 35.5. The molecule has 0 radical (unpaired) electrons. The standard InChI is InChI=1S/C22H21Cl2NO4/c1-13-4-6-14(7-5-13)20(26)18-19(15-8-9-16(23)17(24)12-15)25(10-3-11-29-2)22(28)21(18)27/h4-9,12,19,26H,3,10-11H2,1-2H3/b20-18+/t19-/m0/s1. The van der Waals surface area contributed by atoms with Gasteiger partial charge in [0.2, 0.25) is 0 Å².